The second-order valence-corrected chi connectivity index (χ2v) is 13.4. The molecule has 0 bridgehead atoms. The first-order chi connectivity index (χ1) is 19.6. The Bertz CT molecular complexity index is 1550. The Hall–Kier alpha value is -3.55. The molecule has 0 aliphatic heterocycles. The van der Waals surface area contributed by atoms with E-state index in [1.165, 1.54) is 29.7 Å². The van der Waals surface area contributed by atoms with E-state index in [9.17, 15) is 14.7 Å². The number of pyridine rings is 1. The van der Waals surface area contributed by atoms with Crippen molar-refractivity contribution in [2.75, 3.05) is 6.54 Å². The third kappa shape index (κ3) is 7.03. The number of thiophene rings is 1. The number of hydrogen-bond acceptors (Lipinski definition) is 6. The lowest BCUT2D eigenvalue weighted by molar-refractivity contribution is -0.136. The number of aliphatic carboxylic acids is 1. The van der Waals surface area contributed by atoms with Gasteiger partial charge in [-0.05, 0) is 78.1 Å². The Morgan fingerprint density at radius 1 is 1.02 bits per heavy atom. The van der Waals surface area contributed by atoms with Crippen molar-refractivity contribution >= 4 is 33.9 Å². The molecule has 1 fully saturated rings. The average Bonchev–Trinajstić information content (AvgIpc) is 3.60. The van der Waals surface area contributed by atoms with Gasteiger partial charge in [-0.25, -0.2) is 4.98 Å². The van der Waals surface area contributed by atoms with Gasteiger partial charge in [0.25, 0.3) is 0 Å². The number of carbonyl (C=O) groups is 2. The zero-order valence-corrected chi connectivity index (χ0v) is 25.0. The van der Waals surface area contributed by atoms with Crippen LogP contribution in [-0.4, -0.2) is 28.4 Å². The highest BCUT2D eigenvalue weighted by Crippen LogP contribution is 2.34. The van der Waals surface area contributed by atoms with E-state index in [0.717, 1.165) is 57.0 Å². The summed E-state index contributed by atoms with van der Waals surface area (Å²) in [4.78, 5) is 32.0. The maximum absolute atomic E-state index is 13.9. The lowest BCUT2D eigenvalue weighted by Crippen LogP contribution is -2.33. The van der Waals surface area contributed by atoms with E-state index in [2.05, 4.69) is 38.2 Å². The van der Waals surface area contributed by atoms with E-state index in [0.29, 0.717) is 11.6 Å². The predicted molar refractivity (Wildman–Crippen MR) is 164 cm³/mol. The number of aromatic nitrogens is 1. The Balaban J connectivity index is 1.50. The zero-order valence-electron chi connectivity index (χ0n) is 24.2. The Morgan fingerprint density at radius 2 is 1.73 bits per heavy atom. The summed E-state index contributed by atoms with van der Waals surface area (Å²) in [6, 6.07) is 19.0. The lowest BCUT2D eigenvalue weighted by atomic mass is 9.87. The van der Waals surface area contributed by atoms with E-state index >= 15 is 0 Å². The second-order valence-electron chi connectivity index (χ2n) is 12.1. The van der Waals surface area contributed by atoms with Gasteiger partial charge in [-0.3, -0.25) is 14.9 Å². The Labute approximate surface area is 245 Å². The molecule has 0 radical (unpaired) electrons. The number of Topliss-reactive ketones (excluding diaryl/α,β-unsaturated/α-hetero) is 1. The summed E-state index contributed by atoms with van der Waals surface area (Å²) in [6.45, 7) is 8.23. The molecule has 0 amide bonds. The van der Waals surface area contributed by atoms with Gasteiger partial charge in [-0.1, -0.05) is 64.7 Å². The Kier molecular flexibility index (Phi) is 8.57. The fourth-order valence-corrected chi connectivity index (χ4v) is 6.51. The number of carbonyl (C=O) groups excluding carboxylic acids is 1. The number of benzene rings is 2. The van der Waals surface area contributed by atoms with Crippen LogP contribution in [0.4, 0.5) is 0 Å². The standard InChI is InChI=1S/C34H38N2O4S/c1-21-9-16-30(41-21)32(35-20-31(37)38)33(39)29-18-23-10-13-26(40-25-14-11-24(12-15-25)34(2,3)4)19-27(23)28(36-29)17-22-7-5-6-8-22/h9-16,18-19,22,32,35H,5-8,17,20H2,1-4H3,(H,37,38). The van der Waals surface area contributed by atoms with Crippen LogP contribution in [-0.2, 0) is 16.6 Å². The number of carboxylic acids is 1. The normalized spacial score (nSPS) is 14.8. The summed E-state index contributed by atoms with van der Waals surface area (Å²) >= 11 is 1.49. The average molecular weight is 571 g/mol. The molecule has 2 aromatic heterocycles. The van der Waals surface area contributed by atoms with Crippen LogP contribution in [0.15, 0.2) is 60.7 Å². The number of nitrogens with zero attached hydrogens (tertiary/aromatic N) is 1. The van der Waals surface area contributed by atoms with Gasteiger partial charge in [0.15, 0.2) is 0 Å². The zero-order chi connectivity index (χ0) is 29.1. The fourth-order valence-electron chi connectivity index (χ4n) is 5.56. The number of ketones is 1. The summed E-state index contributed by atoms with van der Waals surface area (Å²) < 4.78 is 6.25. The van der Waals surface area contributed by atoms with Crippen LogP contribution in [0.3, 0.4) is 0 Å². The molecule has 1 atom stereocenters. The second kappa shape index (κ2) is 12.1. The first kappa shape index (κ1) is 29.0. The number of hydrogen-bond donors (Lipinski definition) is 2. The quantitative estimate of drug-likeness (QED) is 0.188. The highest BCUT2D eigenvalue weighted by molar-refractivity contribution is 7.12. The van der Waals surface area contributed by atoms with E-state index in [-0.39, 0.29) is 17.7 Å². The third-order valence-corrected chi connectivity index (χ3v) is 8.88. The van der Waals surface area contributed by atoms with Crippen molar-refractivity contribution in [1.82, 2.24) is 10.3 Å². The molecule has 0 saturated heterocycles. The summed E-state index contributed by atoms with van der Waals surface area (Å²) in [5.74, 6) is 0.802. The number of carboxylic acid groups (broad SMARTS) is 1. The molecule has 2 heterocycles. The van der Waals surface area contributed by atoms with Crippen molar-refractivity contribution in [3.05, 3.63) is 87.4 Å². The first-order valence-electron chi connectivity index (χ1n) is 14.3. The van der Waals surface area contributed by atoms with Gasteiger partial charge in [0.05, 0.1) is 6.54 Å². The summed E-state index contributed by atoms with van der Waals surface area (Å²) in [5.41, 5.74) is 2.57. The van der Waals surface area contributed by atoms with Crippen molar-refractivity contribution < 1.29 is 19.4 Å². The number of fused-ring (bicyclic) bond motifs is 1. The highest BCUT2D eigenvalue weighted by atomic mass is 32.1. The summed E-state index contributed by atoms with van der Waals surface area (Å²) in [6.07, 6.45) is 5.56. The van der Waals surface area contributed by atoms with Crippen LogP contribution in [0, 0.1) is 12.8 Å². The third-order valence-electron chi connectivity index (χ3n) is 7.81. The molecule has 2 aromatic carbocycles. The van der Waals surface area contributed by atoms with Crippen molar-refractivity contribution in [2.24, 2.45) is 5.92 Å². The smallest absolute Gasteiger partial charge is 0.317 e. The molecule has 7 heteroatoms. The van der Waals surface area contributed by atoms with Crippen molar-refractivity contribution in [3.63, 3.8) is 0 Å². The van der Waals surface area contributed by atoms with Crippen LogP contribution < -0.4 is 10.1 Å². The molecule has 1 aliphatic rings. The number of aryl methyl sites for hydroxylation is 1. The van der Waals surface area contributed by atoms with Crippen LogP contribution in [0.25, 0.3) is 10.8 Å². The molecule has 4 aromatic rings. The maximum atomic E-state index is 13.9. The molecular formula is C34H38N2O4S. The first-order valence-corrected chi connectivity index (χ1v) is 15.2. The lowest BCUT2D eigenvalue weighted by Gasteiger charge is -2.19. The minimum absolute atomic E-state index is 0.0713. The monoisotopic (exact) mass is 570 g/mol. The fraction of sp³-hybridized carbons (Fsp3) is 0.382. The predicted octanol–water partition coefficient (Wildman–Crippen LogP) is 8.03. The molecule has 1 saturated carbocycles. The van der Waals surface area contributed by atoms with Gasteiger partial charge >= 0.3 is 5.97 Å². The molecule has 0 spiro atoms. The number of rotatable bonds is 10. The molecule has 41 heavy (non-hydrogen) atoms. The largest absolute Gasteiger partial charge is 0.480 e. The van der Waals surface area contributed by atoms with E-state index in [4.69, 9.17) is 9.72 Å². The van der Waals surface area contributed by atoms with E-state index in [1.807, 2.05) is 55.5 Å². The van der Waals surface area contributed by atoms with Crippen LogP contribution in [0.5, 0.6) is 11.5 Å². The summed E-state index contributed by atoms with van der Waals surface area (Å²) in [7, 11) is 0. The molecule has 2 N–H and O–H groups in total. The van der Waals surface area contributed by atoms with Gasteiger partial charge in [0.2, 0.25) is 5.78 Å². The van der Waals surface area contributed by atoms with Crippen molar-refractivity contribution in [3.8, 4) is 11.5 Å². The number of nitrogens with one attached hydrogen (secondary N) is 1. The topological polar surface area (TPSA) is 88.5 Å². The SMILES string of the molecule is Cc1ccc(C(NCC(=O)O)C(=O)c2cc3ccc(Oc4ccc(C(C)(C)C)cc4)cc3c(CC3CCCC3)n2)s1. The van der Waals surface area contributed by atoms with Gasteiger partial charge in [0.1, 0.15) is 23.2 Å². The van der Waals surface area contributed by atoms with Crippen LogP contribution >= 0.6 is 11.3 Å². The van der Waals surface area contributed by atoms with E-state index < -0.39 is 12.0 Å². The molecular weight excluding hydrogens is 532 g/mol. The van der Waals surface area contributed by atoms with Crippen molar-refractivity contribution in [2.45, 2.75) is 71.3 Å². The highest BCUT2D eigenvalue weighted by Gasteiger charge is 2.27. The van der Waals surface area contributed by atoms with E-state index in [1.54, 1.807) is 0 Å². The minimum atomic E-state index is -1.01. The minimum Gasteiger partial charge on any atom is -0.480 e. The molecule has 6 nitrogen and oxygen atoms in total. The molecule has 214 valence electrons. The van der Waals surface area contributed by atoms with Gasteiger partial charge < -0.3 is 9.84 Å². The van der Waals surface area contributed by atoms with Crippen LogP contribution in [0.2, 0.25) is 0 Å². The van der Waals surface area contributed by atoms with Crippen LogP contribution in [0.1, 0.15) is 84.0 Å². The summed E-state index contributed by atoms with van der Waals surface area (Å²) in [5, 5.41) is 14.1. The van der Waals surface area contributed by atoms with Gasteiger partial charge in [-0.2, -0.15) is 0 Å². The number of ether oxygens (including phenoxy) is 1. The Morgan fingerprint density at radius 3 is 2.37 bits per heavy atom. The van der Waals surface area contributed by atoms with Gasteiger partial charge in [-0.15, -0.1) is 11.3 Å². The maximum Gasteiger partial charge on any atom is 0.317 e. The van der Waals surface area contributed by atoms with Crippen molar-refractivity contribution in [1.29, 1.82) is 0 Å². The van der Waals surface area contributed by atoms with Gasteiger partial charge in [0, 0.05) is 20.8 Å². The molecule has 1 unspecified atom stereocenters. The molecule has 5 rings (SSSR count). The molecule has 1 aliphatic carbocycles.